The number of aryl methyl sites for hydroxylation is 1. The number of carbonyl (C=O) groups is 3. The molecular weight excluding hydrogens is 466 g/mol. The second-order valence-corrected chi connectivity index (χ2v) is 11.1. The fourth-order valence-electron chi connectivity index (χ4n) is 5.00. The van der Waals surface area contributed by atoms with Crippen molar-refractivity contribution in [3.63, 3.8) is 0 Å². The van der Waals surface area contributed by atoms with Crippen LogP contribution in [0.1, 0.15) is 34.8 Å². The van der Waals surface area contributed by atoms with Gasteiger partial charge in [0.2, 0.25) is 10.0 Å². The van der Waals surface area contributed by atoms with Gasteiger partial charge in [0.05, 0.1) is 18.5 Å². The van der Waals surface area contributed by atoms with E-state index >= 15 is 0 Å². The van der Waals surface area contributed by atoms with Gasteiger partial charge in [-0.15, -0.1) is 0 Å². The van der Waals surface area contributed by atoms with E-state index in [4.69, 9.17) is 0 Å². The molecule has 3 aromatic rings. The standard InChI is InChI=1S/C26H25N3O5S/c1-26(21-11-5-8-17-7-3-4-10-20(17)21)24(31)28(25(32)27-26)16-23(30)19-12-13-22-18(15-19)9-6-14-29(22)35(2,33)34/h3-5,7-8,10-13,15H,6,9,14,16H2,1-2H3,(H,27,32)/t26-/m0/s1. The van der Waals surface area contributed by atoms with Gasteiger partial charge in [0, 0.05) is 12.1 Å². The Labute approximate surface area is 203 Å². The average Bonchev–Trinajstić information content (AvgIpc) is 3.05. The number of urea groups is 1. The number of amides is 3. The van der Waals surface area contributed by atoms with Crippen LogP contribution in [0.3, 0.4) is 0 Å². The maximum absolute atomic E-state index is 13.5. The van der Waals surface area contributed by atoms with Crippen LogP contribution in [0.2, 0.25) is 0 Å². The molecular formula is C26H25N3O5S. The minimum atomic E-state index is -3.42. The Bertz CT molecular complexity index is 1490. The summed E-state index contributed by atoms with van der Waals surface area (Å²) in [4.78, 5) is 40.3. The first-order valence-electron chi connectivity index (χ1n) is 11.4. The smallest absolute Gasteiger partial charge is 0.319 e. The Morgan fingerprint density at radius 2 is 1.80 bits per heavy atom. The number of fused-ring (bicyclic) bond motifs is 2. The van der Waals surface area contributed by atoms with Gasteiger partial charge < -0.3 is 5.32 Å². The van der Waals surface area contributed by atoms with E-state index < -0.39 is 39.8 Å². The van der Waals surface area contributed by atoms with Crippen LogP contribution >= 0.6 is 0 Å². The third kappa shape index (κ3) is 3.85. The predicted molar refractivity (Wildman–Crippen MR) is 133 cm³/mol. The molecule has 180 valence electrons. The van der Waals surface area contributed by atoms with Crippen molar-refractivity contribution in [1.82, 2.24) is 10.2 Å². The number of hydrogen-bond donors (Lipinski definition) is 1. The van der Waals surface area contributed by atoms with Gasteiger partial charge in [-0.1, -0.05) is 42.5 Å². The molecule has 8 nitrogen and oxygen atoms in total. The first kappa shape index (κ1) is 23.0. The summed E-state index contributed by atoms with van der Waals surface area (Å²) in [6.07, 6.45) is 2.45. The third-order valence-corrected chi connectivity index (χ3v) is 7.96. The van der Waals surface area contributed by atoms with E-state index in [9.17, 15) is 22.8 Å². The first-order chi connectivity index (χ1) is 16.6. The van der Waals surface area contributed by atoms with Gasteiger partial charge in [0.25, 0.3) is 5.91 Å². The second kappa shape index (κ2) is 8.20. The number of hydrogen-bond acceptors (Lipinski definition) is 5. The molecule has 0 saturated carbocycles. The van der Waals surface area contributed by atoms with Crippen molar-refractivity contribution in [2.45, 2.75) is 25.3 Å². The summed E-state index contributed by atoms with van der Waals surface area (Å²) in [5.41, 5.74) is 1.01. The fourth-order valence-corrected chi connectivity index (χ4v) is 6.00. The normalized spacial score (nSPS) is 20.2. The molecule has 0 unspecified atom stereocenters. The summed E-state index contributed by atoms with van der Waals surface area (Å²) in [5.74, 6) is -0.886. The Kier molecular flexibility index (Phi) is 5.40. The molecule has 2 aliphatic heterocycles. The molecule has 1 N–H and O–H groups in total. The van der Waals surface area contributed by atoms with Gasteiger partial charge in [-0.2, -0.15) is 0 Å². The van der Waals surface area contributed by atoms with Crippen molar-refractivity contribution in [2.75, 3.05) is 23.7 Å². The van der Waals surface area contributed by atoms with Gasteiger partial charge in [-0.25, -0.2) is 13.2 Å². The van der Waals surface area contributed by atoms with Gasteiger partial charge in [-0.3, -0.25) is 18.8 Å². The van der Waals surface area contributed by atoms with Gasteiger partial charge in [0.1, 0.15) is 5.54 Å². The van der Waals surface area contributed by atoms with Crippen LogP contribution in [0.4, 0.5) is 10.5 Å². The minimum Gasteiger partial charge on any atom is -0.319 e. The minimum absolute atomic E-state index is 0.332. The molecule has 2 heterocycles. The number of nitrogens with one attached hydrogen (secondary N) is 1. The first-order valence-corrected chi connectivity index (χ1v) is 13.2. The second-order valence-electron chi connectivity index (χ2n) is 9.18. The topological polar surface area (TPSA) is 104 Å². The lowest BCUT2D eigenvalue weighted by Gasteiger charge is -2.29. The molecule has 1 atom stereocenters. The maximum atomic E-state index is 13.5. The van der Waals surface area contributed by atoms with Crippen molar-refractivity contribution in [2.24, 2.45) is 0 Å². The number of sulfonamides is 1. The molecule has 0 aromatic heterocycles. The molecule has 1 fully saturated rings. The summed E-state index contributed by atoms with van der Waals surface area (Å²) >= 11 is 0. The van der Waals surface area contributed by atoms with E-state index in [-0.39, 0.29) is 0 Å². The number of benzene rings is 3. The van der Waals surface area contributed by atoms with E-state index in [0.29, 0.717) is 36.2 Å². The van der Waals surface area contributed by atoms with E-state index in [2.05, 4.69) is 5.32 Å². The Morgan fingerprint density at radius 1 is 1.06 bits per heavy atom. The highest BCUT2D eigenvalue weighted by molar-refractivity contribution is 7.92. The Morgan fingerprint density at radius 3 is 2.57 bits per heavy atom. The van der Waals surface area contributed by atoms with Crippen molar-refractivity contribution >= 4 is 44.2 Å². The number of imide groups is 1. The van der Waals surface area contributed by atoms with Crippen LogP contribution in [0.5, 0.6) is 0 Å². The molecule has 3 aromatic carbocycles. The van der Waals surface area contributed by atoms with E-state index in [0.717, 1.165) is 27.5 Å². The van der Waals surface area contributed by atoms with E-state index in [1.807, 2.05) is 42.5 Å². The third-order valence-electron chi connectivity index (χ3n) is 6.78. The lowest BCUT2D eigenvalue weighted by molar-refractivity contribution is -0.130. The number of ketones is 1. The van der Waals surface area contributed by atoms with Crippen LogP contribution in [0.25, 0.3) is 10.8 Å². The zero-order valence-corrected chi connectivity index (χ0v) is 20.3. The number of rotatable bonds is 5. The summed E-state index contributed by atoms with van der Waals surface area (Å²) in [5, 5.41) is 4.58. The van der Waals surface area contributed by atoms with Crippen molar-refractivity contribution in [3.05, 3.63) is 77.4 Å². The zero-order chi connectivity index (χ0) is 25.0. The molecule has 3 amide bonds. The maximum Gasteiger partial charge on any atom is 0.325 e. The molecule has 1 saturated heterocycles. The SMILES string of the molecule is C[C@@]1(c2cccc3ccccc23)NC(=O)N(CC(=O)c2ccc3c(c2)CCCN3S(C)(=O)=O)C1=O. The largest absolute Gasteiger partial charge is 0.325 e. The van der Waals surface area contributed by atoms with Gasteiger partial charge in [0.15, 0.2) is 5.78 Å². The lowest BCUT2D eigenvalue weighted by atomic mass is 9.87. The molecule has 0 aliphatic carbocycles. The zero-order valence-electron chi connectivity index (χ0n) is 19.4. The molecule has 9 heteroatoms. The van der Waals surface area contributed by atoms with Crippen LogP contribution in [0, 0.1) is 0 Å². The number of anilines is 1. The Hall–Kier alpha value is -3.72. The van der Waals surface area contributed by atoms with Gasteiger partial charge in [-0.05, 0) is 59.9 Å². The van der Waals surface area contributed by atoms with E-state index in [1.165, 1.54) is 4.31 Å². The highest BCUT2D eigenvalue weighted by Crippen LogP contribution is 2.34. The highest BCUT2D eigenvalue weighted by atomic mass is 32.2. The summed E-state index contributed by atoms with van der Waals surface area (Å²) < 4.78 is 25.5. The molecule has 35 heavy (non-hydrogen) atoms. The van der Waals surface area contributed by atoms with E-state index in [1.54, 1.807) is 25.1 Å². The van der Waals surface area contributed by atoms with Crippen molar-refractivity contribution in [1.29, 1.82) is 0 Å². The highest BCUT2D eigenvalue weighted by Gasteiger charge is 2.50. The van der Waals surface area contributed by atoms with Crippen molar-refractivity contribution in [3.8, 4) is 0 Å². The predicted octanol–water partition coefficient (Wildman–Crippen LogP) is 3.20. The summed E-state index contributed by atoms with van der Waals surface area (Å²) in [6, 6.07) is 17.4. The number of Topliss-reactive ketones (excluding diaryl/α,β-unsaturated/α-hetero) is 1. The monoisotopic (exact) mass is 491 g/mol. The molecule has 0 spiro atoms. The summed E-state index contributed by atoms with van der Waals surface area (Å²) in [6.45, 7) is 1.64. The molecule has 2 aliphatic rings. The molecule has 0 bridgehead atoms. The van der Waals surface area contributed by atoms with Crippen LogP contribution in [0.15, 0.2) is 60.7 Å². The fraction of sp³-hybridized carbons (Fsp3) is 0.269. The number of nitrogens with zero attached hydrogens (tertiary/aromatic N) is 2. The van der Waals surface area contributed by atoms with Gasteiger partial charge >= 0.3 is 6.03 Å². The summed E-state index contributed by atoms with van der Waals surface area (Å²) in [7, 11) is -3.42. The number of carbonyl (C=O) groups excluding carboxylic acids is 3. The van der Waals surface area contributed by atoms with Crippen LogP contribution in [-0.2, 0) is 26.8 Å². The van der Waals surface area contributed by atoms with Crippen LogP contribution in [-0.4, -0.2) is 50.4 Å². The van der Waals surface area contributed by atoms with Crippen molar-refractivity contribution < 1.29 is 22.8 Å². The average molecular weight is 492 g/mol. The quantitative estimate of drug-likeness (QED) is 0.436. The Balaban J connectivity index is 1.42. The molecule has 0 radical (unpaired) electrons. The molecule has 5 rings (SSSR count). The van der Waals surface area contributed by atoms with Crippen LogP contribution < -0.4 is 9.62 Å². The lowest BCUT2D eigenvalue weighted by Crippen LogP contribution is -2.41.